The molecule has 53 heavy (non-hydrogen) atoms. The summed E-state index contributed by atoms with van der Waals surface area (Å²) in [5, 5.41) is 0. The summed E-state index contributed by atoms with van der Waals surface area (Å²) in [4.78, 5) is 0. The van der Waals surface area contributed by atoms with E-state index in [9.17, 15) is 4.57 Å². The molecule has 5 nitrogen and oxygen atoms in total. The van der Waals surface area contributed by atoms with Crippen molar-refractivity contribution in [3.8, 4) is 0 Å². The third kappa shape index (κ3) is 7.82. The molecule has 0 radical (unpaired) electrons. The molecule has 0 saturated carbocycles. The molecular weight excluding hydrogens is 675 g/mol. The van der Waals surface area contributed by atoms with Gasteiger partial charge >= 0.3 is 7.60 Å². The van der Waals surface area contributed by atoms with Crippen LogP contribution in [0.2, 0.25) is 0 Å². The van der Waals surface area contributed by atoms with E-state index in [0.717, 1.165) is 33.4 Å². The first-order valence-electron chi connectivity index (χ1n) is 17.9. The van der Waals surface area contributed by atoms with E-state index in [0.29, 0.717) is 0 Å². The van der Waals surface area contributed by atoms with Gasteiger partial charge in [-0.3, -0.25) is 13.6 Å². The highest BCUT2D eigenvalue weighted by atomic mass is 31.2. The van der Waals surface area contributed by atoms with Gasteiger partial charge in [0.15, 0.2) is 0 Å². The lowest BCUT2D eigenvalue weighted by Gasteiger charge is -2.38. The van der Waals surface area contributed by atoms with Crippen LogP contribution in [-0.4, -0.2) is 31.6 Å². The van der Waals surface area contributed by atoms with E-state index in [-0.39, 0.29) is 19.4 Å². The summed E-state index contributed by atoms with van der Waals surface area (Å²) in [6, 6.07) is 60.8. The zero-order chi connectivity index (χ0) is 36.4. The van der Waals surface area contributed by atoms with E-state index in [1.165, 1.54) is 0 Å². The molecule has 3 atom stereocenters. The molecule has 1 aliphatic heterocycles. The average Bonchev–Trinajstić information content (AvgIpc) is 3.23. The maximum atomic E-state index is 14.4. The first-order valence-corrected chi connectivity index (χ1v) is 19.6. The van der Waals surface area contributed by atoms with Crippen LogP contribution in [0, 0.1) is 0 Å². The maximum Gasteiger partial charge on any atom is 0.335 e. The molecule has 0 amide bonds. The van der Waals surface area contributed by atoms with Gasteiger partial charge in [-0.1, -0.05) is 200 Å². The Morgan fingerprint density at radius 1 is 0.585 bits per heavy atom. The van der Waals surface area contributed by atoms with E-state index in [1.807, 2.05) is 121 Å². The fourth-order valence-electron chi connectivity index (χ4n) is 7.08. The lowest BCUT2D eigenvalue weighted by molar-refractivity contribution is -0.0349. The number of hydrogen-bond donors (Lipinski definition) is 0. The first kappa shape index (κ1) is 36.2. The highest BCUT2D eigenvalue weighted by Crippen LogP contribution is 2.53. The third-order valence-corrected chi connectivity index (χ3v) is 11.4. The SMILES string of the molecule is C=C[C@@H](COC(c1ccccc1)(c1ccccc1)c1ccccc1)OP1(=O)CC=C[C@@H](COC(c2ccccc2)(c2ccccc2)c2ccccc2)O1. The monoisotopic (exact) mass is 718 g/mol. The van der Waals surface area contributed by atoms with Crippen molar-refractivity contribution in [3.63, 3.8) is 0 Å². The molecule has 1 unspecified atom stereocenters. The van der Waals surface area contributed by atoms with Gasteiger partial charge in [0.25, 0.3) is 0 Å². The minimum atomic E-state index is -3.66. The van der Waals surface area contributed by atoms with Crippen molar-refractivity contribution in [1.82, 2.24) is 0 Å². The van der Waals surface area contributed by atoms with Gasteiger partial charge in [-0.15, -0.1) is 6.58 Å². The van der Waals surface area contributed by atoms with Crippen molar-refractivity contribution in [2.45, 2.75) is 23.4 Å². The molecule has 6 aromatic rings. The smallest absolute Gasteiger partial charge is 0.335 e. The largest absolute Gasteiger partial charge is 0.358 e. The van der Waals surface area contributed by atoms with Crippen LogP contribution in [0.5, 0.6) is 0 Å². The molecule has 0 N–H and O–H groups in total. The lowest BCUT2D eigenvalue weighted by Crippen LogP contribution is -2.37. The topological polar surface area (TPSA) is 54.0 Å². The Morgan fingerprint density at radius 2 is 0.925 bits per heavy atom. The molecule has 7 rings (SSSR count). The van der Waals surface area contributed by atoms with Crippen LogP contribution in [0.3, 0.4) is 0 Å². The van der Waals surface area contributed by atoms with E-state index in [2.05, 4.69) is 79.4 Å². The van der Waals surface area contributed by atoms with E-state index in [1.54, 1.807) is 6.08 Å². The van der Waals surface area contributed by atoms with Crippen LogP contribution >= 0.6 is 7.60 Å². The fourth-order valence-corrected chi connectivity index (χ4v) is 8.78. The summed E-state index contributed by atoms with van der Waals surface area (Å²) in [7, 11) is -3.66. The quantitative estimate of drug-likeness (QED) is 0.0601. The predicted octanol–water partition coefficient (Wildman–Crippen LogP) is 10.7. The van der Waals surface area contributed by atoms with Gasteiger partial charge in [0.2, 0.25) is 0 Å². The van der Waals surface area contributed by atoms with Crippen molar-refractivity contribution >= 4 is 7.60 Å². The van der Waals surface area contributed by atoms with Crippen molar-refractivity contribution < 1.29 is 23.1 Å². The van der Waals surface area contributed by atoms with Crippen LogP contribution in [0.15, 0.2) is 207 Å². The second-order valence-electron chi connectivity index (χ2n) is 12.9. The Morgan fingerprint density at radius 3 is 1.26 bits per heavy atom. The molecular formula is C47H43O5P. The minimum absolute atomic E-state index is 0.0690. The number of allylic oxidation sites excluding steroid dienone is 1. The van der Waals surface area contributed by atoms with Crippen LogP contribution in [0.4, 0.5) is 0 Å². The summed E-state index contributed by atoms with van der Waals surface area (Å²) in [5.74, 6) is 0. The summed E-state index contributed by atoms with van der Waals surface area (Å²) in [5.41, 5.74) is 3.87. The lowest BCUT2D eigenvalue weighted by atomic mass is 9.80. The van der Waals surface area contributed by atoms with Crippen LogP contribution in [0.1, 0.15) is 33.4 Å². The van der Waals surface area contributed by atoms with Crippen LogP contribution in [-0.2, 0) is 34.3 Å². The highest BCUT2D eigenvalue weighted by molar-refractivity contribution is 7.54. The van der Waals surface area contributed by atoms with Crippen molar-refractivity contribution in [1.29, 1.82) is 0 Å². The fraction of sp³-hybridized carbons (Fsp3) is 0.149. The summed E-state index contributed by atoms with van der Waals surface area (Å²) in [6.45, 7) is 4.23. The summed E-state index contributed by atoms with van der Waals surface area (Å²) < 4.78 is 41.0. The molecule has 1 aliphatic rings. The molecule has 1 heterocycles. The van der Waals surface area contributed by atoms with Gasteiger partial charge in [-0.05, 0) is 33.4 Å². The van der Waals surface area contributed by atoms with Crippen LogP contribution in [0.25, 0.3) is 0 Å². The second kappa shape index (κ2) is 16.7. The first-order chi connectivity index (χ1) is 26.1. The average molecular weight is 719 g/mol. The van der Waals surface area contributed by atoms with E-state index < -0.39 is 31.0 Å². The van der Waals surface area contributed by atoms with E-state index in [4.69, 9.17) is 18.5 Å². The molecule has 0 aliphatic carbocycles. The number of rotatable bonds is 15. The van der Waals surface area contributed by atoms with Gasteiger partial charge in [-0.25, -0.2) is 0 Å². The molecule has 266 valence electrons. The second-order valence-corrected chi connectivity index (χ2v) is 14.9. The molecule has 6 aromatic carbocycles. The Hall–Kier alpha value is -5.13. The molecule has 6 heteroatoms. The van der Waals surface area contributed by atoms with Crippen molar-refractivity contribution in [2.75, 3.05) is 19.4 Å². The highest BCUT2D eigenvalue weighted by Gasteiger charge is 2.41. The maximum absolute atomic E-state index is 14.4. The number of ether oxygens (including phenoxy) is 2. The standard InChI is InChI=1S/C47H43O5P/c1-2-44(36-49-46(38-22-9-3-10-23-38,39-24-11-4-12-25-39)40-26-13-5-14-27-40)51-53(48)35-21-34-45(52-53)37-50-47(41-28-15-6-16-29-41,42-30-17-7-18-31-42)43-32-19-8-20-33-43/h2-34,44-45H,1,35-37H2/t44-,45-,53?/m0/s1. The molecule has 0 fully saturated rings. The molecule has 0 aromatic heterocycles. The van der Waals surface area contributed by atoms with Gasteiger partial charge in [0.1, 0.15) is 23.4 Å². The molecule has 0 saturated heterocycles. The Kier molecular flexibility index (Phi) is 11.4. The zero-order valence-electron chi connectivity index (χ0n) is 29.5. The number of hydrogen-bond acceptors (Lipinski definition) is 5. The molecule has 0 bridgehead atoms. The van der Waals surface area contributed by atoms with Gasteiger partial charge < -0.3 is 9.47 Å². The van der Waals surface area contributed by atoms with Crippen molar-refractivity contribution in [3.05, 3.63) is 240 Å². The minimum Gasteiger partial charge on any atom is -0.358 e. The van der Waals surface area contributed by atoms with Crippen LogP contribution < -0.4 is 0 Å². The predicted molar refractivity (Wildman–Crippen MR) is 212 cm³/mol. The normalized spacial score (nSPS) is 17.9. The third-order valence-electron chi connectivity index (χ3n) is 9.54. The Labute approximate surface area is 312 Å². The van der Waals surface area contributed by atoms with E-state index >= 15 is 0 Å². The Bertz CT molecular complexity index is 1910. The zero-order valence-corrected chi connectivity index (χ0v) is 30.4. The van der Waals surface area contributed by atoms with Gasteiger partial charge in [-0.2, -0.15) is 0 Å². The summed E-state index contributed by atoms with van der Waals surface area (Å²) >= 11 is 0. The van der Waals surface area contributed by atoms with Gasteiger partial charge in [0, 0.05) is 0 Å². The molecule has 0 spiro atoms. The van der Waals surface area contributed by atoms with Gasteiger partial charge in [0.05, 0.1) is 19.4 Å². The van der Waals surface area contributed by atoms with Crippen molar-refractivity contribution in [2.24, 2.45) is 0 Å². The Balaban J connectivity index is 1.14. The number of benzene rings is 6. The summed E-state index contributed by atoms with van der Waals surface area (Å²) in [6.07, 6.45) is 4.14.